The number of nitrogens with zero attached hydrogens (tertiary/aromatic N) is 3. The third kappa shape index (κ3) is 3.90. The molecule has 7 heteroatoms. The van der Waals surface area contributed by atoms with Gasteiger partial charge in [0.25, 0.3) is 0 Å². The third-order valence-electron chi connectivity index (χ3n) is 2.38. The molecule has 2 aromatic heterocycles. The minimum absolute atomic E-state index is 0.105. The number of carbonyl (C=O) groups excluding carboxylic acids is 1. The molecule has 2 heterocycles. The first-order valence-corrected chi connectivity index (χ1v) is 6.80. The summed E-state index contributed by atoms with van der Waals surface area (Å²) in [5.74, 6) is 1.23. The van der Waals surface area contributed by atoms with Crippen LogP contribution in [0.1, 0.15) is 16.5 Å². The van der Waals surface area contributed by atoms with E-state index in [2.05, 4.69) is 15.2 Å². The van der Waals surface area contributed by atoms with Crippen LogP contribution in [0, 0.1) is 6.92 Å². The summed E-state index contributed by atoms with van der Waals surface area (Å²) < 4.78 is 0.705. The molecule has 0 unspecified atom stereocenters. The van der Waals surface area contributed by atoms with Gasteiger partial charge in [0.2, 0.25) is 5.91 Å². The highest BCUT2D eigenvalue weighted by atomic mass is 35.5. The molecule has 5 nitrogen and oxygen atoms in total. The summed E-state index contributed by atoms with van der Waals surface area (Å²) >= 11 is 7.24. The predicted molar refractivity (Wildman–Crippen MR) is 76.0 cm³/mol. The molecule has 100 valence electrons. The maximum Gasteiger partial charge on any atom is 0.246 e. The lowest BCUT2D eigenvalue weighted by Gasteiger charge is -2.12. The molecule has 0 saturated heterocycles. The van der Waals surface area contributed by atoms with E-state index in [1.807, 2.05) is 13.0 Å². The number of hydrogen-bond acceptors (Lipinski definition) is 4. The Balaban J connectivity index is 1.94. The van der Waals surface area contributed by atoms with E-state index in [-0.39, 0.29) is 5.91 Å². The molecule has 2 rings (SSSR count). The average molecular weight is 297 g/mol. The highest BCUT2D eigenvalue weighted by Crippen LogP contribution is 2.22. The topological polar surface area (TPSA) is 61.9 Å². The lowest BCUT2D eigenvalue weighted by atomic mass is 10.4. The summed E-state index contributed by atoms with van der Waals surface area (Å²) in [4.78, 5) is 18.5. The van der Waals surface area contributed by atoms with Crippen LogP contribution in [0.2, 0.25) is 4.34 Å². The van der Waals surface area contributed by atoms with Crippen molar-refractivity contribution in [2.45, 2.75) is 13.5 Å². The molecule has 0 saturated carbocycles. The van der Waals surface area contributed by atoms with Crippen molar-refractivity contribution >= 4 is 34.9 Å². The Labute approximate surface area is 119 Å². The average Bonchev–Trinajstić information content (AvgIpc) is 2.95. The maximum absolute atomic E-state index is 11.9. The molecule has 1 amide bonds. The van der Waals surface area contributed by atoms with Crippen LogP contribution < -0.4 is 0 Å². The van der Waals surface area contributed by atoms with Crippen molar-refractivity contribution in [3.8, 4) is 0 Å². The number of likely N-dealkylation sites (N-methyl/N-ethyl adjacent to an activating group) is 1. The fourth-order valence-electron chi connectivity index (χ4n) is 1.45. The van der Waals surface area contributed by atoms with Crippen LogP contribution in [0.3, 0.4) is 0 Å². The lowest BCUT2D eigenvalue weighted by Crippen LogP contribution is -2.24. The van der Waals surface area contributed by atoms with E-state index >= 15 is 0 Å². The zero-order valence-electron chi connectivity index (χ0n) is 10.6. The molecule has 2 aromatic rings. The van der Waals surface area contributed by atoms with Gasteiger partial charge in [0.05, 0.1) is 10.9 Å². The van der Waals surface area contributed by atoms with E-state index in [1.165, 1.54) is 17.4 Å². The summed E-state index contributed by atoms with van der Waals surface area (Å²) in [6.45, 7) is 2.19. The maximum atomic E-state index is 11.9. The summed E-state index contributed by atoms with van der Waals surface area (Å²) in [5.41, 5.74) is 0. The number of nitrogens with one attached hydrogen (secondary N) is 1. The minimum Gasteiger partial charge on any atom is -0.335 e. The molecule has 0 radical (unpaired) electrons. The molecule has 0 aliphatic rings. The minimum atomic E-state index is -0.105. The van der Waals surface area contributed by atoms with Crippen LogP contribution in [0.5, 0.6) is 0 Å². The largest absolute Gasteiger partial charge is 0.335 e. The van der Waals surface area contributed by atoms with E-state index < -0.39 is 0 Å². The number of carbonyl (C=O) groups is 1. The van der Waals surface area contributed by atoms with Gasteiger partial charge in [-0.15, -0.1) is 11.3 Å². The Kier molecular flexibility index (Phi) is 4.34. The van der Waals surface area contributed by atoms with Gasteiger partial charge in [0.1, 0.15) is 5.82 Å². The van der Waals surface area contributed by atoms with Gasteiger partial charge in [-0.2, -0.15) is 5.10 Å². The molecule has 0 fully saturated rings. The lowest BCUT2D eigenvalue weighted by molar-refractivity contribution is -0.125. The second-order valence-electron chi connectivity index (χ2n) is 4.01. The number of aromatic nitrogens is 3. The van der Waals surface area contributed by atoms with Crippen molar-refractivity contribution in [2.75, 3.05) is 7.05 Å². The Morgan fingerprint density at radius 2 is 2.37 bits per heavy atom. The van der Waals surface area contributed by atoms with Gasteiger partial charge < -0.3 is 4.90 Å². The molecule has 0 bridgehead atoms. The fraction of sp³-hybridized carbons (Fsp3) is 0.250. The van der Waals surface area contributed by atoms with Crippen LogP contribution >= 0.6 is 22.9 Å². The van der Waals surface area contributed by atoms with E-state index in [1.54, 1.807) is 24.1 Å². The fourth-order valence-corrected chi connectivity index (χ4v) is 2.41. The molecule has 0 aliphatic carbocycles. The standard InChI is InChI=1S/C12H13ClN4OS/c1-8-14-11(16-15-8)7-17(2)12(18)6-4-9-3-5-10(13)19-9/h3-6H,7H2,1-2H3,(H,14,15,16). The van der Waals surface area contributed by atoms with Crippen molar-refractivity contribution in [1.82, 2.24) is 20.1 Å². The van der Waals surface area contributed by atoms with Crippen LogP contribution in [0.25, 0.3) is 6.08 Å². The van der Waals surface area contributed by atoms with Crippen molar-refractivity contribution in [1.29, 1.82) is 0 Å². The first-order valence-electron chi connectivity index (χ1n) is 5.61. The predicted octanol–water partition coefficient (Wildman–Crippen LogP) is 2.50. The summed E-state index contributed by atoms with van der Waals surface area (Å²) in [6, 6.07) is 3.67. The zero-order chi connectivity index (χ0) is 13.8. The molecule has 0 aromatic carbocycles. The van der Waals surface area contributed by atoms with Gasteiger partial charge in [0, 0.05) is 18.0 Å². The first-order chi connectivity index (χ1) is 9.04. The van der Waals surface area contributed by atoms with Crippen molar-refractivity contribution < 1.29 is 4.79 Å². The van der Waals surface area contributed by atoms with Gasteiger partial charge in [-0.05, 0) is 25.1 Å². The van der Waals surface area contributed by atoms with E-state index in [4.69, 9.17) is 11.6 Å². The molecule has 0 atom stereocenters. The normalized spacial score (nSPS) is 11.1. The Hall–Kier alpha value is -1.66. The number of amides is 1. The van der Waals surface area contributed by atoms with Crippen molar-refractivity contribution in [2.24, 2.45) is 0 Å². The van der Waals surface area contributed by atoms with Gasteiger partial charge in [0.15, 0.2) is 5.82 Å². The van der Waals surface area contributed by atoms with E-state index in [9.17, 15) is 4.79 Å². The van der Waals surface area contributed by atoms with Crippen LogP contribution in [0.4, 0.5) is 0 Å². The highest BCUT2D eigenvalue weighted by Gasteiger charge is 2.09. The van der Waals surface area contributed by atoms with Gasteiger partial charge in [-0.1, -0.05) is 11.6 Å². The van der Waals surface area contributed by atoms with Crippen molar-refractivity contribution in [3.63, 3.8) is 0 Å². The number of thiophene rings is 1. The summed E-state index contributed by atoms with van der Waals surface area (Å²) in [7, 11) is 1.71. The number of rotatable bonds is 4. The first kappa shape index (κ1) is 13.8. The van der Waals surface area contributed by atoms with Gasteiger partial charge in [-0.25, -0.2) is 4.98 Å². The monoisotopic (exact) mass is 296 g/mol. The number of H-pyrrole nitrogens is 1. The number of halogens is 1. The Bertz CT molecular complexity index is 604. The van der Waals surface area contributed by atoms with Crippen LogP contribution in [-0.4, -0.2) is 33.0 Å². The molecule has 0 aliphatic heterocycles. The van der Waals surface area contributed by atoms with Gasteiger partial charge in [-0.3, -0.25) is 9.89 Å². The number of hydrogen-bond donors (Lipinski definition) is 1. The zero-order valence-corrected chi connectivity index (χ0v) is 12.1. The van der Waals surface area contributed by atoms with E-state index in [0.29, 0.717) is 16.7 Å². The Morgan fingerprint density at radius 3 is 2.95 bits per heavy atom. The molecular weight excluding hydrogens is 284 g/mol. The smallest absolute Gasteiger partial charge is 0.246 e. The third-order valence-corrected chi connectivity index (χ3v) is 3.58. The molecule has 1 N–H and O–H groups in total. The number of aromatic amines is 1. The summed E-state index contributed by atoms with van der Waals surface area (Å²) in [6.07, 6.45) is 3.26. The quantitative estimate of drug-likeness (QED) is 0.882. The van der Waals surface area contributed by atoms with E-state index in [0.717, 1.165) is 10.7 Å². The Morgan fingerprint density at radius 1 is 1.58 bits per heavy atom. The highest BCUT2D eigenvalue weighted by molar-refractivity contribution is 7.17. The van der Waals surface area contributed by atoms with Gasteiger partial charge >= 0.3 is 0 Å². The number of aryl methyl sites for hydroxylation is 1. The molecular formula is C12H13ClN4OS. The second kappa shape index (κ2) is 5.99. The molecule has 19 heavy (non-hydrogen) atoms. The van der Waals surface area contributed by atoms with Crippen molar-refractivity contribution in [3.05, 3.63) is 39.1 Å². The van der Waals surface area contributed by atoms with Crippen LogP contribution in [0.15, 0.2) is 18.2 Å². The summed E-state index contributed by atoms with van der Waals surface area (Å²) in [5, 5.41) is 6.73. The second-order valence-corrected chi connectivity index (χ2v) is 5.75. The molecule has 0 spiro atoms. The SMILES string of the molecule is Cc1nc(CN(C)C(=O)C=Cc2ccc(Cl)s2)n[nH]1. The van der Waals surface area contributed by atoms with Crippen LogP contribution in [-0.2, 0) is 11.3 Å².